The van der Waals surface area contributed by atoms with E-state index in [4.69, 9.17) is 20.8 Å². The second kappa shape index (κ2) is 11.5. The number of methoxy groups -OCH3 is 1. The number of amides is 3. The number of furan rings is 1. The predicted octanol–water partition coefficient (Wildman–Crippen LogP) is 4.58. The zero-order chi connectivity index (χ0) is 25.7. The van der Waals surface area contributed by atoms with Gasteiger partial charge in [0.25, 0.3) is 5.91 Å². The van der Waals surface area contributed by atoms with Gasteiger partial charge in [-0.3, -0.25) is 14.4 Å². The van der Waals surface area contributed by atoms with E-state index in [0.717, 1.165) is 0 Å². The van der Waals surface area contributed by atoms with Gasteiger partial charge in [0.1, 0.15) is 17.1 Å². The molecule has 1 aliphatic carbocycles. The van der Waals surface area contributed by atoms with Crippen molar-refractivity contribution in [3.8, 4) is 0 Å². The molecule has 36 heavy (non-hydrogen) atoms. The van der Waals surface area contributed by atoms with Crippen molar-refractivity contribution in [3.05, 3.63) is 53.4 Å². The molecule has 1 fully saturated rings. The lowest BCUT2D eigenvalue weighted by Gasteiger charge is -2.30. The number of hydrogen-bond acceptors (Lipinski definition) is 6. The smallest absolute Gasteiger partial charge is 0.294 e. The molecule has 2 N–H and O–H groups in total. The zero-order valence-electron chi connectivity index (χ0n) is 20.3. The molecule has 9 nitrogen and oxygen atoms in total. The highest BCUT2D eigenvalue weighted by molar-refractivity contribution is 6.30. The van der Waals surface area contributed by atoms with Gasteiger partial charge in [-0.25, -0.2) is 4.98 Å². The number of aromatic nitrogens is 1. The number of halogens is 1. The Morgan fingerprint density at radius 3 is 2.50 bits per heavy atom. The van der Waals surface area contributed by atoms with Crippen molar-refractivity contribution in [2.75, 3.05) is 37.9 Å². The minimum absolute atomic E-state index is 0.00932. The molecule has 0 aliphatic heterocycles. The Morgan fingerprint density at radius 2 is 1.81 bits per heavy atom. The lowest BCUT2D eigenvalue weighted by molar-refractivity contribution is -0.137. The van der Waals surface area contributed by atoms with Crippen molar-refractivity contribution >= 4 is 51.8 Å². The molecule has 2 aromatic heterocycles. The third-order valence-electron chi connectivity index (χ3n) is 6.47. The Labute approximate surface area is 214 Å². The van der Waals surface area contributed by atoms with Crippen molar-refractivity contribution in [1.82, 2.24) is 9.88 Å². The molecule has 3 amide bonds. The van der Waals surface area contributed by atoms with E-state index in [-0.39, 0.29) is 29.4 Å². The Morgan fingerprint density at radius 1 is 1.08 bits per heavy atom. The Kier molecular flexibility index (Phi) is 8.22. The second-order valence-electron chi connectivity index (χ2n) is 8.91. The van der Waals surface area contributed by atoms with Crippen LogP contribution < -0.4 is 10.6 Å². The molecule has 1 saturated carbocycles. The van der Waals surface area contributed by atoms with Crippen LogP contribution in [0.15, 0.2) is 47.0 Å². The summed E-state index contributed by atoms with van der Waals surface area (Å²) in [6.45, 7) is 1.03. The van der Waals surface area contributed by atoms with Crippen LogP contribution in [-0.4, -0.2) is 54.9 Å². The summed E-state index contributed by atoms with van der Waals surface area (Å²) < 4.78 is 10.9. The van der Waals surface area contributed by atoms with Gasteiger partial charge in [-0.2, -0.15) is 0 Å². The van der Waals surface area contributed by atoms with E-state index >= 15 is 0 Å². The second-order valence-corrected chi connectivity index (χ2v) is 9.34. The van der Waals surface area contributed by atoms with Crippen LogP contribution in [0.1, 0.15) is 36.2 Å². The number of rotatable bonds is 8. The molecule has 0 radical (unpaired) electrons. The van der Waals surface area contributed by atoms with Gasteiger partial charge in [0.15, 0.2) is 0 Å². The number of fused-ring (bicyclic) bond motifs is 1. The number of benzene rings is 1. The van der Waals surface area contributed by atoms with Gasteiger partial charge in [0.05, 0.1) is 11.6 Å². The van der Waals surface area contributed by atoms with Gasteiger partial charge < -0.3 is 24.7 Å². The van der Waals surface area contributed by atoms with Crippen LogP contribution in [0.25, 0.3) is 11.0 Å². The molecular formula is C26H29ClN4O5. The van der Waals surface area contributed by atoms with Gasteiger partial charge in [0, 0.05) is 44.1 Å². The molecule has 190 valence electrons. The van der Waals surface area contributed by atoms with Gasteiger partial charge in [-0.05, 0) is 49.9 Å². The molecule has 3 aromatic rings. The molecule has 0 unspecified atom stereocenters. The number of carbonyl (C=O) groups excluding carboxylic acids is 3. The summed E-state index contributed by atoms with van der Waals surface area (Å²) >= 11 is 5.87. The van der Waals surface area contributed by atoms with E-state index in [1.165, 1.54) is 6.20 Å². The third-order valence-corrected chi connectivity index (χ3v) is 6.70. The summed E-state index contributed by atoms with van der Waals surface area (Å²) in [4.78, 5) is 44.7. The molecule has 2 heterocycles. The van der Waals surface area contributed by atoms with Crippen LogP contribution >= 0.6 is 11.6 Å². The third kappa shape index (κ3) is 5.85. The fourth-order valence-corrected chi connectivity index (χ4v) is 4.54. The van der Waals surface area contributed by atoms with Crippen LogP contribution in [-0.2, 0) is 14.3 Å². The molecular weight excluding hydrogens is 484 g/mol. The first-order valence-corrected chi connectivity index (χ1v) is 12.2. The van der Waals surface area contributed by atoms with Crippen LogP contribution in [0.4, 0.5) is 11.5 Å². The van der Waals surface area contributed by atoms with Crippen LogP contribution in [0, 0.1) is 11.8 Å². The topological polar surface area (TPSA) is 114 Å². The molecule has 0 saturated heterocycles. The largest absolute Gasteiger partial charge is 0.449 e. The van der Waals surface area contributed by atoms with Gasteiger partial charge in [-0.15, -0.1) is 0 Å². The summed E-state index contributed by atoms with van der Waals surface area (Å²) in [7, 11) is 3.38. The maximum Gasteiger partial charge on any atom is 0.294 e. The van der Waals surface area contributed by atoms with Crippen molar-refractivity contribution in [1.29, 1.82) is 0 Å². The summed E-state index contributed by atoms with van der Waals surface area (Å²) in [5, 5.41) is 6.68. The molecule has 1 aromatic carbocycles. The van der Waals surface area contributed by atoms with Crippen molar-refractivity contribution < 1.29 is 23.5 Å². The average Bonchev–Trinajstić information content (AvgIpc) is 3.26. The maximum absolute atomic E-state index is 13.2. The number of nitrogens with zero attached hydrogens (tertiary/aromatic N) is 2. The standard InChI is InChI=1S/C26H29ClN4O5/c1-31(13-14-35-2)26(34)17-9-7-16(8-10-17)24(32)30-22-19-5-3-4-6-20(19)36-23(22)25(33)29-21-12-11-18(27)15-28-21/h3-6,11-12,15-17H,7-10,13-14H2,1-2H3,(H,30,32)(H,28,29,33). The van der Waals surface area contributed by atoms with Crippen molar-refractivity contribution in [2.45, 2.75) is 25.7 Å². The first kappa shape index (κ1) is 25.7. The monoisotopic (exact) mass is 512 g/mol. The molecule has 10 heteroatoms. The highest BCUT2D eigenvalue weighted by atomic mass is 35.5. The number of para-hydroxylation sites is 1. The number of pyridine rings is 1. The SMILES string of the molecule is COCCN(C)C(=O)C1CCC(C(=O)Nc2c(C(=O)Nc3ccc(Cl)cn3)oc3ccccc23)CC1. The normalized spacial score (nSPS) is 17.5. The minimum atomic E-state index is -0.537. The zero-order valence-corrected chi connectivity index (χ0v) is 21.0. The molecule has 0 bridgehead atoms. The quantitative estimate of drug-likeness (QED) is 0.456. The number of ether oxygens (including phenoxy) is 1. The van der Waals surface area contributed by atoms with E-state index in [9.17, 15) is 14.4 Å². The molecule has 0 atom stereocenters. The number of hydrogen-bond donors (Lipinski definition) is 2. The number of anilines is 2. The summed E-state index contributed by atoms with van der Waals surface area (Å²) in [5.41, 5.74) is 0.801. The van der Waals surface area contributed by atoms with Gasteiger partial charge in [-0.1, -0.05) is 23.7 Å². The van der Waals surface area contributed by atoms with Crippen LogP contribution in [0.5, 0.6) is 0 Å². The molecule has 0 spiro atoms. The summed E-state index contributed by atoms with van der Waals surface area (Å²) in [5.74, 6) is -0.713. The summed E-state index contributed by atoms with van der Waals surface area (Å²) in [6.07, 6.45) is 3.87. The minimum Gasteiger partial charge on any atom is -0.449 e. The van der Waals surface area contributed by atoms with Crippen LogP contribution in [0.2, 0.25) is 5.02 Å². The first-order chi connectivity index (χ1) is 17.4. The van der Waals surface area contributed by atoms with Crippen LogP contribution in [0.3, 0.4) is 0 Å². The highest BCUT2D eigenvalue weighted by Crippen LogP contribution is 2.34. The lowest BCUT2D eigenvalue weighted by Crippen LogP contribution is -2.38. The maximum atomic E-state index is 13.2. The number of nitrogens with one attached hydrogen (secondary N) is 2. The number of likely N-dealkylation sites (N-methyl/N-ethyl adjacent to an activating group) is 1. The Balaban J connectivity index is 1.45. The van der Waals surface area contributed by atoms with Gasteiger partial charge >= 0.3 is 0 Å². The Hall–Kier alpha value is -3.43. The Bertz CT molecular complexity index is 1230. The highest BCUT2D eigenvalue weighted by Gasteiger charge is 2.32. The van der Waals surface area contributed by atoms with E-state index in [0.29, 0.717) is 66.3 Å². The van der Waals surface area contributed by atoms with E-state index in [2.05, 4.69) is 15.6 Å². The molecule has 4 rings (SSSR count). The number of carbonyl (C=O) groups is 3. The summed E-state index contributed by atoms with van der Waals surface area (Å²) in [6, 6.07) is 10.3. The fraction of sp³-hybridized carbons (Fsp3) is 0.385. The van der Waals surface area contributed by atoms with E-state index in [1.54, 1.807) is 49.4 Å². The first-order valence-electron chi connectivity index (χ1n) is 11.9. The van der Waals surface area contributed by atoms with Crippen molar-refractivity contribution in [2.24, 2.45) is 11.8 Å². The van der Waals surface area contributed by atoms with E-state index < -0.39 is 5.91 Å². The fourth-order valence-electron chi connectivity index (χ4n) is 4.43. The van der Waals surface area contributed by atoms with Crippen molar-refractivity contribution in [3.63, 3.8) is 0 Å². The predicted molar refractivity (Wildman–Crippen MR) is 137 cm³/mol. The van der Waals surface area contributed by atoms with E-state index in [1.807, 2.05) is 6.07 Å². The average molecular weight is 513 g/mol. The van der Waals surface area contributed by atoms with Gasteiger partial charge in [0.2, 0.25) is 17.6 Å². The molecule has 1 aliphatic rings. The lowest BCUT2D eigenvalue weighted by atomic mass is 9.81.